The highest BCUT2D eigenvalue weighted by molar-refractivity contribution is 7.09. The first-order chi connectivity index (χ1) is 15.8. The third kappa shape index (κ3) is 5.48. The Kier molecular flexibility index (Phi) is 7.64. The summed E-state index contributed by atoms with van der Waals surface area (Å²) < 4.78 is 14.3. The topological polar surface area (TPSA) is 174 Å². The number of primary amides is 1. The molecule has 3 amide bonds. The van der Waals surface area contributed by atoms with Crippen molar-refractivity contribution in [2.45, 2.75) is 12.6 Å². The monoisotopic (exact) mass is 473 g/mol. The van der Waals surface area contributed by atoms with E-state index >= 15 is 0 Å². The number of aromatic hydroxyl groups is 1. The number of carbonyl (C=O) groups excluding carboxylic acids is 3. The van der Waals surface area contributed by atoms with Crippen molar-refractivity contribution >= 4 is 34.9 Å². The van der Waals surface area contributed by atoms with Gasteiger partial charge < -0.3 is 35.9 Å². The molecule has 0 aliphatic heterocycles. The summed E-state index contributed by atoms with van der Waals surface area (Å²) in [6, 6.07) is 8.06. The molecule has 0 fully saturated rings. The molecule has 3 aromatic rings. The van der Waals surface area contributed by atoms with Gasteiger partial charge in [-0.1, -0.05) is 12.1 Å². The molecule has 0 radical (unpaired) electrons. The number of rotatable bonds is 10. The van der Waals surface area contributed by atoms with Crippen molar-refractivity contribution < 1.29 is 28.6 Å². The molecule has 1 atom stereocenters. The third-order valence-corrected chi connectivity index (χ3v) is 5.55. The van der Waals surface area contributed by atoms with Gasteiger partial charge in [-0.05, 0) is 41.4 Å². The second-order valence-corrected chi connectivity index (χ2v) is 7.70. The van der Waals surface area contributed by atoms with Crippen LogP contribution in [0.2, 0.25) is 0 Å². The lowest BCUT2D eigenvalue weighted by molar-refractivity contribution is -0.126. The first-order valence-corrected chi connectivity index (χ1v) is 10.5. The van der Waals surface area contributed by atoms with Crippen molar-refractivity contribution in [1.29, 1.82) is 0 Å². The van der Waals surface area contributed by atoms with Gasteiger partial charge in [0.25, 0.3) is 11.8 Å². The Morgan fingerprint density at radius 2 is 2.00 bits per heavy atom. The number of nitrogens with zero attached hydrogens (tertiary/aromatic N) is 2. The number of hydrogen-bond donors (Lipinski definition) is 4. The van der Waals surface area contributed by atoms with E-state index in [-0.39, 0.29) is 41.7 Å². The van der Waals surface area contributed by atoms with Crippen molar-refractivity contribution in [3.63, 3.8) is 0 Å². The molecule has 2 heterocycles. The molecule has 0 aliphatic carbocycles. The number of anilines is 1. The number of amides is 3. The highest BCUT2D eigenvalue weighted by Gasteiger charge is 2.35. The minimum absolute atomic E-state index is 0.000923. The predicted molar refractivity (Wildman–Crippen MR) is 119 cm³/mol. The number of carbonyl (C=O) groups is 3. The highest BCUT2D eigenvalue weighted by atomic mass is 32.1. The number of ether oxygens (including phenoxy) is 1. The van der Waals surface area contributed by atoms with Crippen LogP contribution in [0, 0.1) is 0 Å². The Morgan fingerprint density at radius 3 is 2.58 bits per heavy atom. The van der Waals surface area contributed by atoms with Crippen LogP contribution in [-0.4, -0.2) is 52.4 Å². The highest BCUT2D eigenvalue weighted by Crippen LogP contribution is 2.31. The van der Waals surface area contributed by atoms with Gasteiger partial charge in [0.05, 0.1) is 25.1 Å². The maximum Gasteiger partial charge on any atom is 0.270 e. The molecule has 1 aromatic carbocycles. The summed E-state index contributed by atoms with van der Waals surface area (Å²) in [5.74, 6) is -1.59. The molecule has 0 aliphatic rings. The van der Waals surface area contributed by atoms with E-state index in [2.05, 4.69) is 9.69 Å². The van der Waals surface area contributed by atoms with Gasteiger partial charge in [-0.3, -0.25) is 14.4 Å². The van der Waals surface area contributed by atoms with Crippen LogP contribution >= 0.6 is 11.5 Å². The summed E-state index contributed by atoms with van der Waals surface area (Å²) in [7, 11) is 1.50. The zero-order valence-corrected chi connectivity index (χ0v) is 18.5. The molecule has 6 N–H and O–H groups in total. The summed E-state index contributed by atoms with van der Waals surface area (Å²) in [5.41, 5.74) is 11.3. The number of nitrogen functional groups attached to an aromatic ring is 1. The molecule has 11 nitrogen and oxygen atoms in total. The molecule has 33 heavy (non-hydrogen) atoms. The van der Waals surface area contributed by atoms with E-state index in [4.69, 9.17) is 20.6 Å². The van der Waals surface area contributed by atoms with Gasteiger partial charge in [-0.25, -0.2) is 0 Å². The second-order valence-electron chi connectivity index (χ2n) is 6.93. The SMILES string of the molecule is COCCNC(=O)[C@@H](c1ccc(O)cc1)N(Cc1ccco1)C(=O)c1snc(C(N)=O)c1N. The van der Waals surface area contributed by atoms with Crippen molar-refractivity contribution in [3.05, 3.63) is 64.6 Å². The van der Waals surface area contributed by atoms with Gasteiger partial charge >= 0.3 is 0 Å². The number of nitrogens with one attached hydrogen (secondary N) is 1. The smallest absolute Gasteiger partial charge is 0.270 e. The summed E-state index contributed by atoms with van der Waals surface area (Å²) in [5, 5.41) is 12.4. The van der Waals surface area contributed by atoms with Crippen LogP contribution in [0.15, 0.2) is 47.1 Å². The fourth-order valence-corrected chi connectivity index (χ4v) is 3.87. The van der Waals surface area contributed by atoms with Crippen molar-refractivity contribution in [3.8, 4) is 5.75 Å². The Hall–Kier alpha value is -3.90. The molecule has 3 rings (SSSR count). The van der Waals surface area contributed by atoms with E-state index in [1.165, 1.54) is 42.5 Å². The minimum atomic E-state index is -1.13. The van der Waals surface area contributed by atoms with Crippen LogP contribution in [0.25, 0.3) is 0 Å². The first kappa shape index (κ1) is 23.8. The summed E-state index contributed by atoms with van der Waals surface area (Å²) in [6.07, 6.45) is 1.44. The fourth-order valence-electron chi connectivity index (χ4n) is 3.11. The number of nitrogens with two attached hydrogens (primary N) is 2. The van der Waals surface area contributed by atoms with Crippen LogP contribution in [0.3, 0.4) is 0 Å². The molecule has 0 unspecified atom stereocenters. The van der Waals surface area contributed by atoms with Gasteiger partial charge in [-0.2, -0.15) is 4.37 Å². The summed E-state index contributed by atoms with van der Waals surface area (Å²) >= 11 is 0.712. The Morgan fingerprint density at radius 1 is 1.27 bits per heavy atom. The normalized spacial score (nSPS) is 11.7. The average Bonchev–Trinajstić information content (AvgIpc) is 3.44. The largest absolute Gasteiger partial charge is 0.508 e. The van der Waals surface area contributed by atoms with Crippen molar-refractivity contribution in [1.82, 2.24) is 14.6 Å². The number of phenolic OH excluding ortho intramolecular Hbond substituents is 1. The molecule has 0 spiro atoms. The zero-order chi connectivity index (χ0) is 24.0. The zero-order valence-electron chi connectivity index (χ0n) is 17.7. The number of methoxy groups -OCH3 is 1. The number of phenols is 1. The third-order valence-electron chi connectivity index (χ3n) is 4.70. The lowest BCUT2D eigenvalue weighted by Gasteiger charge is -2.30. The Labute approximate surface area is 193 Å². The molecular weight excluding hydrogens is 450 g/mol. The van der Waals surface area contributed by atoms with Crippen LogP contribution in [0.1, 0.15) is 37.5 Å². The maximum atomic E-state index is 13.6. The summed E-state index contributed by atoms with van der Waals surface area (Å²) in [4.78, 5) is 39.6. The van der Waals surface area contributed by atoms with Crippen molar-refractivity contribution in [2.24, 2.45) is 5.73 Å². The number of furan rings is 1. The van der Waals surface area contributed by atoms with E-state index < -0.39 is 23.8 Å². The minimum Gasteiger partial charge on any atom is -0.508 e. The molecule has 12 heteroatoms. The molecular formula is C21H23N5O6S. The molecule has 0 bridgehead atoms. The van der Waals surface area contributed by atoms with Crippen LogP contribution in [0.4, 0.5) is 5.69 Å². The quantitative estimate of drug-likeness (QED) is 0.318. The number of aromatic nitrogens is 1. The predicted octanol–water partition coefficient (Wildman–Crippen LogP) is 1.27. The van der Waals surface area contributed by atoms with Crippen LogP contribution in [0.5, 0.6) is 5.75 Å². The Balaban J connectivity index is 2.07. The fraction of sp³-hybridized carbons (Fsp3) is 0.238. The van der Waals surface area contributed by atoms with Gasteiger partial charge in [0.1, 0.15) is 22.4 Å². The lowest BCUT2D eigenvalue weighted by Crippen LogP contribution is -2.44. The molecule has 0 saturated carbocycles. The molecule has 174 valence electrons. The second kappa shape index (κ2) is 10.6. The lowest BCUT2D eigenvalue weighted by atomic mass is 10.0. The number of hydrogen-bond acceptors (Lipinski definition) is 9. The van der Waals surface area contributed by atoms with Crippen LogP contribution < -0.4 is 16.8 Å². The molecule has 0 saturated heterocycles. The summed E-state index contributed by atoms with van der Waals surface area (Å²) in [6.45, 7) is 0.392. The Bertz CT molecular complexity index is 1110. The van der Waals surface area contributed by atoms with Gasteiger partial charge in [0.15, 0.2) is 5.69 Å². The van der Waals surface area contributed by atoms with E-state index in [1.807, 2.05) is 0 Å². The van der Waals surface area contributed by atoms with E-state index in [0.29, 0.717) is 22.9 Å². The van der Waals surface area contributed by atoms with E-state index in [1.54, 1.807) is 12.1 Å². The first-order valence-electron chi connectivity index (χ1n) is 9.77. The van der Waals surface area contributed by atoms with E-state index in [0.717, 1.165) is 0 Å². The average molecular weight is 474 g/mol. The van der Waals surface area contributed by atoms with Gasteiger partial charge in [0, 0.05) is 13.7 Å². The van der Waals surface area contributed by atoms with Crippen molar-refractivity contribution in [2.75, 3.05) is 26.0 Å². The molecule has 2 aromatic heterocycles. The van der Waals surface area contributed by atoms with Gasteiger partial charge in [0.2, 0.25) is 5.91 Å². The van der Waals surface area contributed by atoms with Crippen LogP contribution in [-0.2, 0) is 16.1 Å². The maximum absolute atomic E-state index is 13.6. The van der Waals surface area contributed by atoms with E-state index in [9.17, 15) is 19.5 Å². The number of benzene rings is 1. The van der Waals surface area contributed by atoms with Gasteiger partial charge in [-0.15, -0.1) is 0 Å². The standard InChI is InChI=1S/C21H23N5O6S/c1-31-10-8-24-20(29)17(12-4-6-13(27)7-5-12)26(11-14-3-2-9-32-14)21(30)18-15(22)16(19(23)28)25-33-18/h2-7,9,17,27H,8,10-11,22H2,1H3,(H2,23,28)(H,24,29)/t17-/m1/s1.